The number of nitrogens with two attached hydrogens (primary N) is 2. The van der Waals surface area contributed by atoms with Gasteiger partial charge in [-0.1, -0.05) is 18.2 Å². The lowest BCUT2D eigenvalue weighted by Gasteiger charge is -2.24. The summed E-state index contributed by atoms with van der Waals surface area (Å²) in [6.45, 7) is 0. The molecule has 0 saturated heterocycles. The molecule has 1 aliphatic carbocycles. The van der Waals surface area contributed by atoms with Crippen LogP contribution in [0.15, 0.2) is 58.3 Å². The fraction of sp³-hybridized carbons (Fsp3) is 0. The van der Waals surface area contributed by atoms with Gasteiger partial charge in [-0.15, -0.1) is 0 Å². The van der Waals surface area contributed by atoms with Crippen molar-refractivity contribution in [3.63, 3.8) is 0 Å². The van der Waals surface area contributed by atoms with E-state index in [1.54, 1.807) is 12.1 Å². The SMILES string of the molecule is Nc1cccc(Nc2cc(S(=O)(=O)O)c(N)c3c2C(=O)c2c(cccc2S(=O)(=O)O)C3=O)c1. The average Bonchev–Trinajstić information content (AvgIpc) is 2.71. The quantitative estimate of drug-likeness (QED) is 0.206. The first kappa shape index (κ1) is 22.4. The number of carbonyl (C=O) groups is 2. The second kappa shape index (κ2) is 7.38. The van der Waals surface area contributed by atoms with Crippen LogP contribution in [-0.4, -0.2) is 37.5 Å². The lowest BCUT2D eigenvalue weighted by atomic mass is 9.82. The van der Waals surface area contributed by atoms with Gasteiger partial charge in [-0.3, -0.25) is 18.7 Å². The number of carbonyl (C=O) groups excluding carboxylic acids is 2. The third kappa shape index (κ3) is 3.72. The maximum atomic E-state index is 13.5. The monoisotopic (exact) mass is 489 g/mol. The lowest BCUT2D eigenvalue weighted by molar-refractivity contribution is 0.0977. The zero-order valence-electron chi connectivity index (χ0n) is 16.4. The molecule has 3 aromatic rings. The van der Waals surface area contributed by atoms with Crippen LogP contribution in [0.5, 0.6) is 0 Å². The van der Waals surface area contributed by atoms with Crippen molar-refractivity contribution in [3.8, 4) is 0 Å². The number of hydrogen-bond acceptors (Lipinski definition) is 9. The van der Waals surface area contributed by atoms with Crippen molar-refractivity contribution in [2.24, 2.45) is 0 Å². The Morgan fingerprint density at radius 2 is 1.36 bits per heavy atom. The highest BCUT2D eigenvalue weighted by Crippen LogP contribution is 2.41. The van der Waals surface area contributed by atoms with Gasteiger partial charge in [0.2, 0.25) is 0 Å². The van der Waals surface area contributed by atoms with E-state index < -0.39 is 69.5 Å². The molecule has 0 aliphatic heterocycles. The molecular formula is C20H15N3O8S2. The molecule has 170 valence electrons. The van der Waals surface area contributed by atoms with Gasteiger partial charge in [-0.05, 0) is 30.3 Å². The number of hydrogen-bond donors (Lipinski definition) is 5. The van der Waals surface area contributed by atoms with E-state index in [0.717, 1.165) is 24.3 Å². The number of nitrogens with one attached hydrogen (secondary N) is 1. The molecule has 0 aromatic heterocycles. The molecule has 0 radical (unpaired) electrons. The Bertz CT molecular complexity index is 1600. The Kier molecular flexibility index (Phi) is 5.01. The van der Waals surface area contributed by atoms with Crippen LogP contribution >= 0.6 is 0 Å². The van der Waals surface area contributed by atoms with Crippen LogP contribution in [0.2, 0.25) is 0 Å². The van der Waals surface area contributed by atoms with Crippen molar-refractivity contribution < 1.29 is 35.5 Å². The van der Waals surface area contributed by atoms with Crippen LogP contribution in [0.25, 0.3) is 0 Å². The van der Waals surface area contributed by atoms with Gasteiger partial charge in [0.05, 0.1) is 28.1 Å². The third-order valence-electron chi connectivity index (χ3n) is 5.00. The maximum Gasteiger partial charge on any atom is 0.296 e. The first-order valence-corrected chi connectivity index (χ1v) is 11.9. The Labute approximate surface area is 187 Å². The number of nitrogen functional groups attached to an aromatic ring is 2. The van der Waals surface area contributed by atoms with Crippen molar-refractivity contribution in [1.29, 1.82) is 0 Å². The number of anilines is 4. The lowest BCUT2D eigenvalue weighted by Crippen LogP contribution is -2.27. The predicted molar refractivity (Wildman–Crippen MR) is 118 cm³/mol. The Morgan fingerprint density at radius 1 is 0.727 bits per heavy atom. The maximum absolute atomic E-state index is 13.5. The van der Waals surface area contributed by atoms with Gasteiger partial charge in [0.1, 0.15) is 9.79 Å². The molecule has 0 fully saturated rings. The summed E-state index contributed by atoms with van der Waals surface area (Å²) in [4.78, 5) is 25.1. The second-order valence-corrected chi connectivity index (χ2v) is 9.90. The van der Waals surface area contributed by atoms with Gasteiger partial charge in [-0.2, -0.15) is 16.8 Å². The molecule has 1 aliphatic rings. The fourth-order valence-corrected chi connectivity index (χ4v) is 5.02. The summed E-state index contributed by atoms with van der Waals surface area (Å²) in [5, 5.41) is 2.76. The topological polar surface area (TPSA) is 207 Å². The molecular weight excluding hydrogens is 474 g/mol. The molecule has 13 heteroatoms. The standard InChI is InChI=1S/C20H15N3O8S2/c21-9-3-1-4-10(7-9)23-12-8-14(33(29,30)31)18(22)17-16(12)20(25)15-11(19(17)24)5-2-6-13(15)32(26,27)28/h1-8,23H,21-22H2,(H,26,27,28)(H,29,30,31). The normalized spacial score (nSPS) is 13.4. The third-order valence-corrected chi connectivity index (χ3v) is 6.79. The van der Waals surface area contributed by atoms with E-state index in [0.29, 0.717) is 5.69 Å². The summed E-state index contributed by atoms with van der Waals surface area (Å²) in [6.07, 6.45) is 0. The summed E-state index contributed by atoms with van der Waals surface area (Å²) in [7, 11) is -9.83. The van der Waals surface area contributed by atoms with Gasteiger partial charge in [0.15, 0.2) is 11.6 Å². The van der Waals surface area contributed by atoms with E-state index in [9.17, 15) is 35.5 Å². The largest absolute Gasteiger partial charge is 0.399 e. The summed E-state index contributed by atoms with van der Waals surface area (Å²) < 4.78 is 66.8. The zero-order chi connectivity index (χ0) is 24.3. The van der Waals surface area contributed by atoms with Gasteiger partial charge in [-0.25, -0.2) is 0 Å². The summed E-state index contributed by atoms with van der Waals surface area (Å²) >= 11 is 0. The van der Waals surface area contributed by atoms with Crippen molar-refractivity contribution in [3.05, 3.63) is 70.8 Å². The van der Waals surface area contributed by atoms with Crippen LogP contribution < -0.4 is 16.8 Å². The first-order chi connectivity index (χ1) is 15.3. The number of benzene rings is 3. The van der Waals surface area contributed by atoms with E-state index in [1.807, 2.05) is 0 Å². The molecule has 0 spiro atoms. The van der Waals surface area contributed by atoms with E-state index >= 15 is 0 Å². The highest BCUT2D eigenvalue weighted by Gasteiger charge is 2.39. The number of ketones is 2. The van der Waals surface area contributed by atoms with Crippen molar-refractivity contribution in [2.75, 3.05) is 16.8 Å². The molecule has 0 amide bonds. The minimum absolute atomic E-state index is 0.258. The Morgan fingerprint density at radius 3 is 1.97 bits per heavy atom. The van der Waals surface area contributed by atoms with Crippen molar-refractivity contribution in [1.82, 2.24) is 0 Å². The first-order valence-electron chi connectivity index (χ1n) is 9.07. The van der Waals surface area contributed by atoms with E-state index in [4.69, 9.17) is 11.5 Å². The molecule has 4 rings (SSSR count). The van der Waals surface area contributed by atoms with E-state index in [-0.39, 0.29) is 11.4 Å². The minimum atomic E-state index is -4.93. The molecule has 33 heavy (non-hydrogen) atoms. The molecule has 0 heterocycles. The average molecular weight is 489 g/mol. The summed E-state index contributed by atoms with van der Waals surface area (Å²) in [5.41, 5.74) is 9.32. The molecule has 0 atom stereocenters. The predicted octanol–water partition coefficient (Wildman–Crippen LogP) is 1.86. The molecule has 0 bridgehead atoms. The van der Waals surface area contributed by atoms with Crippen molar-refractivity contribution in [2.45, 2.75) is 9.79 Å². The van der Waals surface area contributed by atoms with Gasteiger partial charge >= 0.3 is 0 Å². The molecule has 11 nitrogen and oxygen atoms in total. The number of fused-ring (bicyclic) bond motifs is 2. The summed E-state index contributed by atoms with van der Waals surface area (Å²) in [6, 6.07) is 10.2. The Balaban J connectivity index is 2.09. The molecule has 7 N–H and O–H groups in total. The van der Waals surface area contributed by atoms with Crippen LogP contribution in [0.4, 0.5) is 22.7 Å². The van der Waals surface area contributed by atoms with Gasteiger partial charge < -0.3 is 16.8 Å². The zero-order valence-corrected chi connectivity index (χ0v) is 18.1. The smallest absolute Gasteiger partial charge is 0.296 e. The highest BCUT2D eigenvalue weighted by atomic mass is 32.2. The second-order valence-electron chi connectivity index (χ2n) is 7.12. The van der Waals surface area contributed by atoms with E-state index in [1.165, 1.54) is 12.1 Å². The fourth-order valence-electron chi connectivity index (χ4n) is 3.66. The van der Waals surface area contributed by atoms with Crippen LogP contribution in [0.1, 0.15) is 31.8 Å². The van der Waals surface area contributed by atoms with Crippen LogP contribution in [0.3, 0.4) is 0 Å². The van der Waals surface area contributed by atoms with Crippen molar-refractivity contribution >= 4 is 54.6 Å². The molecule has 0 unspecified atom stereocenters. The highest BCUT2D eigenvalue weighted by molar-refractivity contribution is 7.86. The minimum Gasteiger partial charge on any atom is -0.399 e. The number of rotatable bonds is 4. The van der Waals surface area contributed by atoms with E-state index in [2.05, 4.69) is 5.32 Å². The van der Waals surface area contributed by atoms with Gasteiger partial charge in [0, 0.05) is 16.9 Å². The Hall–Kier alpha value is -3.78. The summed E-state index contributed by atoms with van der Waals surface area (Å²) in [5.74, 6) is -1.98. The van der Waals surface area contributed by atoms with Gasteiger partial charge in [0.25, 0.3) is 20.2 Å². The van der Waals surface area contributed by atoms with Crippen LogP contribution in [0, 0.1) is 0 Å². The molecule has 3 aromatic carbocycles. The molecule has 0 saturated carbocycles. The van der Waals surface area contributed by atoms with Crippen LogP contribution in [-0.2, 0) is 20.2 Å².